The number of nitrogens with one attached hydrogen (secondary N) is 1. The number of benzene rings is 2. The maximum atomic E-state index is 12.7. The van der Waals surface area contributed by atoms with Crippen molar-refractivity contribution in [3.05, 3.63) is 42.0 Å². The van der Waals surface area contributed by atoms with Crippen LogP contribution in [0.4, 0.5) is 11.5 Å². The van der Waals surface area contributed by atoms with Gasteiger partial charge in [-0.3, -0.25) is 4.79 Å². The van der Waals surface area contributed by atoms with Crippen LogP contribution in [0.5, 0.6) is 11.5 Å². The van der Waals surface area contributed by atoms with Gasteiger partial charge in [0.15, 0.2) is 16.7 Å². The number of anilines is 2. The first-order valence-electron chi connectivity index (χ1n) is 10.6. The van der Waals surface area contributed by atoms with Crippen molar-refractivity contribution in [3.63, 3.8) is 0 Å². The maximum Gasteiger partial charge on any atom is 0.322 e. The lowest BCUT2D eigenvalue weighted by atomic mass is 9.84. The number of ether oxygens (including phenoxy) is 3. The zero-order valence-corrected chi connectivity index (χ0v) is 19.5. The Labute approximate surface area is 196 Å². The number of nitrogens with zero attached hydrogens (tertiary/aromatic N) is 3. The Kier molecular flexibility index (Phi) is 6.56. The highest BCUT2D eigenvalue weighted by Crippen LogP contribution is 2.48. The van der Waals surface area contributed by atoms with Gasteiger partial charge in [0.25, 0.3) is 0 Å². The van der Waals surface area contributed by atoms with Gasteiger partial charge in [-0.1, -0.05) is 11.8 Å². The van der Waals surface area contributed by atoms with Crippen LogP contribution in [-0.2, 0) is 9.53 Å². The van der Waals surface area contributed by atoms with E-state index >= 15 is 0 Å². The largest absolute Gasteiger partial charge is 0.493 e. The standard InChI is InChI=1S/C24H24N4O4S/c1-4-32-22(29)24(10-5-11-24)33-23-27-18-13-20(31-3)19(30-2)12-17(18)21(28-23)26-16-8-6-15(14-25)7-9-16/h6-9,12-13H,4-5,10-11H2,1-3H3,(H,26,27,28). The monoisotopic (exact) mass is 464 g/mol. The van der Waals surface area contributed by atoms with Gasteiger partial charge < -0.3 is 19.5 Å². The smallest absolute Gasteiger partial charge is 0.322 e. The molecule has 1 N–H and O–H groups in total. The predicted molar refractivity (Wildman–Crippen MR) is 126 cm³/mol. The fourth-order valence-corrected chi connectivity index (χ4v) is 4.89. The molecule has 0 amide bonds. The van der Waals surface area contributed by atoms with Crippen LogP contribution in [0.25, 0.3) is 10.9 Å². The van der Waals surface area contributed by atoms with Crippen molar-refractivity contribution < 1.29 is 19.0 Å². The molecular formula is C24H24N4O4S. The lowest BCUT2D eigenvalue weighted by Gasteiger charge is -2.37. The van der Waals surface area contributed by atoms with Gasteiger partial charge in [-0.05, 0) is 56.5 Å². The summed E-state index contributed by atoms with van der Waals surface area (Å²) >= 11 is 1.34. The lowest BCUT2D eigenvalue weighted by Crippen LogP contribution is -2.43. The van der Waals surface area contributed by atoms with Crippen molar-refractivity contribution in [1.82, 2.24) is 9.97 Å². The molecule has 3 aromatic rings. The van der Waals surface area contributed by atoms with Crippen LogP contribution in [0.2, 0.25) is 0 Å². The first kappa shape index (κ1) is 22.7. The average Bonchev–Trinajstić information content (AvgIpc) is 2.81. The Morgan fingerprint density at radius 1 is 1.15 bits per heavy atom. The number of aromatic nitrogens is 2. The van der Waals surface area contributed by atoms with Crippen LogP contribution < -0.4 is 14.8 Å². The van der Waals surface area contributed by atoms with Crippen molar-refractivity contribution >= 4 is 40.1 Å². The number of methoxy groups -OCH3 is 2. The molecule has 0 saturated heterocycles. The van der Waals surface area contributed by atoms with Crippen LogP contribution in [0.3, 0.4) is 0 Å². The second kappa shape index (κ2) is 9.55. The zero-order chi connectivity index (χ0) is 23.4. The Morgan fingerprint density at radius 3 is 2.42 bits per heavy atom. The number of carbonyl (C=O) groups is 1. The Balaban J connectivity index is 1.79. The number of esters is 1. The normalized spacial score (nSPS) is 14.1. The van der Waals surface area contributed by atoms with E-state index in [1.807, 2.05) is 18.2 Å². The van der Waals surface area contributed by atoms with Crippen LogP contribution in [0, 0.1) is 11.3 Å². The van der Waals surface area contributed by atoms with Gasteiger partial charge in [0.1, 0.15) is 10.6 Å². The van der Waals surface area contributed by atoms with Gasteiger partial charge in [-0.15, -0.1) is 0 Å². The molecule has 8 nitrogen and oxygen atoms in total. The fourth-order valence-electron chi connectivity index (χ4n) is 3.62. The third kappa shape index (κ3) is 4.52. The molecule has 4 rings (SSSR count). The summed E-state index contributed by atoms with van der Waals surface area (Å²) in [7, 11) is 3.14. The van der Waals surface area contributed by atoms with Crippen LogP contribution in [0.15, 0.2) is 41.6 Å². The quantitative estimate of drug-likeness (QED) is 0.370. The molecule has 0 radical (unpaired) electrons. The summed E-state index contributed by atoms with van der Waals surface area (Å²) in [6.07, 6.45) is 2.41. The fraction of sp³-hybridized carbons (Fsp3) is 0.333. The second-order valence-corrected chi connectivity index (χ2v) is 8.91. The second-order valence-electron chi connectivity index (χ2n) is 7.56. The van der Waals surface area contributed by atoms with E-state index in [1.54, 1.807) is 39.3 Å². The summed E-state index contributed by atoms with van der Waals surface area (Å²) < 4.78 is 15.6. The molecule has 33 heavy (non-hydrogen) atoms. The highest BCUT2D eigenvalue weighted by atomic mass is 32.2. The highest BCUT2D eigenvalue weighted by Gasteiger charge is 2.47. The van der Waals surface area contributed by atoms with E-state index in [9.17, 15) is 4.79 Å². The van der Waals surface area contributed by atoms with Gasteiger partial charge in [0.2, 0.25) is 0 Å². The summed E-state index contributed by atoms with van der Waals surface area (Å²) in [5.74, 6) is 1.44. The highest BCUT2D eigenvalue weighted by molar-refractivity contribution is 8.01. The van der Waals surface area contributed by atoms with Crippen molar-refractivity contribution in [2.75, 3.05) is 26.1 Å². The minimum absolute atomic E-state index is 0.223. The van der Waals surface area contributed by atoms with E-state index < -0.39 is 4.75 Å². The van der Waals surface area contributed by atoms with Gasteiger partial charge in [-0.25, -0.2) is 9.97 Å². The summed E-state index contributed by atoms with van der Waals surface area (Å²) in [6, 6.07) is 12.8. The molecule has 0 atom stereocenters. The Hall–Kier alpha value is -3.51. The molecule has 2 aromatic carbocycles. The number of rotatable bonds is 8. The van der Waals surface area contributed by atoms with Crippen molar-refractivity contribution in [3.8, 4) is 17.6 Å². The topological polar surface area (TPSA) is 106 Å². The van der Waals surface area contributed by atoms with Crippen molar-refractivity contribution in [2.24, 2.45) is 0 Å². The molecule has 0 bridgehead atoms. The summed E-state index contributed by atoms with van der Waals surface area (Å²) in [5, 5.41) is 13.6. The molecular weight excluding hydrogens is 440 g/mol. The zero-order valence-electron chi connectivity index (χ0n) is 18.7. The molecule has 1 aromatic heterocycles. The van der Waals surface area contributed by atoms with E-state index in [-0.39, 0.29) is 5.97 Å². The molecule has 0 aliphatic heterocycles. The van der Waals surface area contributed by atoms with Crippen LogP contribution in [0.1, 0.15) is 31.7 Å². The van der Waals surface area contributed by atoms with E-state index in [4.69, 9.17) is 29.4 Å². The number of hydrogen-bond donors (Lipinski definition) is 1. The number of thioether (sulfide) groups is 1. The summed E-state index contributed by atoms with van der Waals surface area (Å²) in [4.78, 5) is 22.1. The molecule has 1 saturated carbocycles. The first-order chi connectivity index (χ1) is 16.0. The Bertz CT molecular complexity index is 1220. The average molecular weight is 465 g/mol. The van der Waals surface area contributed by atoms with E-state index in [0.717, 1.165) is 30.3 Å². The van der Waals surface area contributed by atoms with Crippen LogP contribution >= 0.6 is 11.8 Å². The van der Waals surface area contributed by atoms with Crippen molar-refractivity contribution in [1.29, 1.82) is 5.26 Å². The number of nitriles is 1. The van der Waals surface area contributed by atoms with E-state index in [0.29, 0.717) is 40.2 Å². The minimum atomic E-state index is -0.661. The van der Waals surface area contributed by atoms with Gasteiger partial charge >= 0.3 is 5.97 Å². The molecule has 0 spiro atoms. The molecule has 9 heteroatoms. The predicted octanol–water partition coefficient (Wildman–Crippen LogP) is 4.84. The van der Waals surface area contributed by atoms with Crippen LogP contribution in [-0.4, -0.2) is 41.5 Å². The van der Waals surface area contributed by atoms with Gasteiger partial charge in [0.05, 0.1) is 38.0 Å². The summed E-state index contributed by atoms with van der Waals surface area (Å²) in [5.41, 5.74) is 1.99. The van der Waals surface area contributed by atoms with Crippen molar-refractivity contribution in [2.45, 2.75) is 36.1 Å². The molecule has 1 fully saturated rings. The van der Waals surface area contributed by atoms with E-state index in [2.05, 4.69) is 11.4 Å². The molecule has 1 aliphatic carbocycles. The number of hydrogen-bond acceptors (Lipinski definition) is 9. The van der Waals surface area contributed by atoms with Gasteiger partial charge in [-0.2, -0.15) is 5.26 Å². The minimum Gasteiger partial charge on any atom is -0.493 e. The maximum absolute atomic E-state index is 12.7. The first-order valence-corrected chi connectivity index (χ1v) is 11.4. The molecule has 1 aliphatic rings. The number of fused-ring (bicyclic) bond motifs is 1. The Morgan fingerprint density at radius 2 is 1.85 bits per heavy atom. The molecule has 170 valence electrons. The third-order valence-electron chi connectivity index (χ3n) is 5.55. The summed E-state index contributed by atoms with van der Waals surface area (Å²) in [6.45, 7) is 2.14. The lowest BCUT2D eigenvalue weighted by molar-refractivity contribution is -0.148. The third-order valence-corrected chi connectivity index (χ3v) is 6.88. The van der Waals surface area contributed by atoms with E-state index in [1.165, 1.54) is 11.8 Å². The molecule has 1 heterocycles. The number of carbonyl (C=O) groups excluding carboxylic acids is 1. The SMILES string of the molecule is CCOC(=O)C1(Sc2nc(Nc3ccc(C#N)cc3)c3cc(OC)c(OC)cc3n2)CCC1. The van der Waals surface area contributed by atoms with Gasteiger partial charge in [0, 0.05) is 17.1 Å². The molecule has 0 unspecified atom stereocenters.